The van der Waals surface area contributed by atoms with Crippen LogP contribution in [0.2, 0.25) is 0 Å². The summed E-state index contributed by atoms with van der Waals surface area (Å²) in [5.74, 6) is 0.0834. The highest BCUT2D eigenvalue weighted by Crippen LogP contribution is 2.22. The van der Waals surface area contributed by atoms with E-state index in [0.29, 0.717) is 32.8 Å². The van der Waals surface area contributed by atoms with Crippen molar-refractivity contribution in [3.05, 3.63) is 34.3 Å². The van der Waals surface area contributed by atoms with E-state index in [4.69, 9.17) is 4.74 Å². The van der Waals surface area contributed by atoms with Crippen molar-refractivity contribution < 1.29 is 14.3 Å². The largest absolute Gasteiger partial charge is 0.378 e. The minimum absolute atomic E-state index is 0.0834. The van der Waals surface area contributed by atoms with Gasteiger partial charge in [-0.1, -0.05) is 28.1 Å². The van der Waals surface area contributed by atoms with E-state index in [9.17, 15) is 9.59 Å². The molecule has 0 saturated carbocycles. The Morgan fingerprint density at radius 3 is 2.70 bits per heavy atom. The van der Waals surface area contributed by atoms with Crippen molar-refractivity contribution in [1.82, 2.24) is 15.1 Å². The number of nitrogens with one attached hydrogen (secondary N) is 1. The number of carbonyl (C=O) groups excluding carboxylic acids is 2. The van der Waals surface area contributed by atoms with Crippen molar-refractivity contribution in [3.63, 3.8) is 0 Å². The first-order chi connectivity index (χ1) is 13.1. The molecule has 148 valence electrons. The third-order valence-electron chi connectivity index (χ3n) is 5.29. The van der Waals surface area contributed by atoms with Crippen molar-refractivity contribution in [3.8, 4) is 0 Å². The molecular weight excluding hydrogens is 410 g/mol. The van der Waals surface area contributed by atoms with E-state index in [1.807, 2.05) is 36.1 Å². The molecule has 1 aromatic rings. The molecule has 2 aliphatic heterocycles. The lowest BCUT2D eigenvalue weighted by atomic mass is 10.1. The van der Waals surface area contributed by atoms with Gasteiger partial charge in [0.05, 0.1) is 6.10 Å². The Bertz CT molecular complexity index is 662. The van der Waals surface area contributed by atoms with E-state index < -0.39 is 0 Å². The lowest BCUT2D eigenvalue weighted by Crippen LogP contribution is -2.52. The van der Waals surface area contributed by atoms with Gasteiger partial charge in [-0.05, 0) is 50.3 Å². The highest BCUT2D eigenvalue weighted by atomic mass is 79.9. The molecule has 2 fully saturated rings. The van der Waals surface area contributed by atoms with Crippen LogP contribution in [-0.4, -0.2) is 60.1 Å². The van der Waals surface area contributed by atoms with Crippen LogP contribution in [0.15, 0.2) is 28.7 Å². The van der Waals surface area contributed by atoms with Crippen molar-refractivity contribution in [1.29, 1.82) is 0 Å². The van der Waals surface area contributed by atoms with E-state index >= 15 is 0 Å². The van der Waals surface area contributed by atoms with Gasteiger partial charge in [-0.3, -0.25) is 4.79 Å². The summed E-state index contributed by atoms with van der Waals surface area (Å²) in [5, 5.41) is 2.96. The molecule has 6 nitrogen and oxygen atoms in total. The number of nitrogens with zero attached hydrogens (tertiary/aromatic N) is 2. The van der Waals surface area contributed by atoms with Crippen LogP contribution < -0.4 is 5.32 Å². The van der Waals surface area contributed by atoms with Crippen molar-refractivity contribution >= 4 is 27.9 Å². The molecule has 1 N–H and O–H groups in total. The van der Waals surface area contributed by atoms with Gasteiger partial charge in [0.1, 0.15) is 6.04 Å². The zero-order valence-corrected chi connectivity index (χ0v) is 17.4. The molecule has 7 heteroatoms. The summed E-state index contributed by atoms with van der Waals surface area (Å²) in [6, 6.07) is 7.36. The van der Waals surface area contributed by atoms with E-state index in [0.717, 1.165) is 35.7 Å². The second-order valence-electron chi connectivity index (χ2n) is 7.12. The van der Waals surface area contributed by atoms with E-state index in [-0.39, 0.29) is 24.1 Å². The zero-order valence-electron chi connectivity index (χ0n) is 15.8. The van der Waals surface area contributed by atoms with Gasteiger partial charge in [0.25, 0.3) is 0 Å². The first kappa shape index (κ1) is 20.1. The van der Waals surface area contributed by atoms with Crippen molar-refractivity contribution in [2.45, 2.75) is 51.3 Å². The fourth-order valence-corrected chi connectivity index (χ4v) is 4.33. The first-order valence-electron chi connectivity index (χ1n) is 9.77. The number of halogens is 1. The van der Waals surface area contributed by atoms with Crippen LogP contribution in [0.1, 0.15) is 38.2 Å². The van der Waals surface area contributed by atoms with Gasteiger partial charge in [-0.25, -0.2) is 4.79 Å². The topological polar surface area (TPSA) is 61.9 Å². The molecule has 0 aliphatic carbocycles. The molecule has 2 aliphatic rings. The van der Waals surface area contributed by atoms with Crippen LogP contribution >= 0.6 is 15.9 Å². The van der Waals surface area contributed by atoms with Gasteiger partial charge >= 0.3 is 6.03 Å². The third-order valence-corrected chi connectivity index (χ3v) is 5.78. The maximum atomic E-state index is 13.0. The lowest BCUT2D eigenvalue weighted by molar-refractivity contribution is -0.137. The van der Waals surface area contributed by atoms with Gasteiger partial charge in [0.15, 0.2) is 0 Å². The summed E-state index contributed by atoms with van der Waals surface area (Å²) in [5.41, 5.74) is 1.03. The summed E-state index contributed by atoms with van der Waals surface area (Å²) in [6.07, 6.45) is 3.63. The minimum atomic E-state index is -0.337. The Balaban J connectivity index is 1.53. The van der Waals surface area contributed by atoms with E-state index in [2.05, 4.69) is 21.2 Å². The number of urea groups is 1. The maximum Gasteiger partial charge on any atom is 0.318 e. The van der Waals surface area contributed by atoms with E-state index in [1.54, 1.807) is 4.90 Å². The van der Waals surface area contributed by atoms with Gasteiger partial charge in [-0.2, -0.15) is 0 Å². The summed E-state index contributed by atoms with van der Waals surface area (Å²) in [4.78, 5) is 29.2. The SMILES string of the molecule is CCOC1CCN(C(=O)[C@@H]2CCCN2C(=O)NCc2cccc(Br)c2)CC1. The minimum Gasteiger partial charge on any atom is -0.378 e. The van der Waals surface area contributed by atoms with Crippen LogP contribution in [0.3, 0.4) is 0 Å². The summed E-state index contributed by atoms with van der Waals surface area (Å²) >= 11 is 3.44. The average molecular weight is 438 g/mol. The van der Waals surface area contributed by atoms with Crippen LogP contribution in [0.4, 0.5) is 4.79 Å². The second kappa shape index (κ2) is 9.55. The number of rotatable bonds is 5. The monoisotopic (exact) mass is 437 g/mol. The van der Waals surface area contributed by atoms with Gasteiger partial charge in [0.2, 0.25) is 5.91 Å². The summed E-state index contributed by atoms with van der Waals surface area (Å²) < 4.78 is 6.65. The molecule has 3 amide bonds. The number of hydrogen-bond acceptors (Lipinski definition) is 3. The molecule has 2 heterocycles. The Hall–Kier alpha value is -1.60. The molecule has 1 aromatic carbocycles. The van der Waals surface area contributed by atoms with Crippen molar-refractivity contribution in [2.24, 2.45) is 0 Å². The van der Waals surface area contributed by atoms with E-state index in [1.165, 1.54) is 0 Å². The Morgan fingerprint density at radius 2 is 2.00 bits per heavy atom. The molecule has 0 radical (unpaired) electrons. The lowest BCUT2D eigenvalue weighted by Gasteiger charge is -2.35. The molecule has 0 unspecified atom stereocenters. The quantitative estimate of drug-likeness (QED) is 0.769. The zero-order chi connectivity index (χ0) is 19.2. The molecule has 0 aromatic heterocycles. The van der Waals surface area contributed by atoms with Crippen molar-refractivity contribution in [2.75, 3.05) is 26.2 Å². The molecule has 27 heavy (non-hydrogen) atoms. The molecule has 2 saturated heterocycles. The number of hydrogen-bond donors (Lipinski definition) is 1. The first-order valence-corrected chi connectivity index (χ1v) is 10.6. The number of amides is 3. The highest BCUT2D eigenvalue weighted by Gasteiger charge is 2.37. The number of carbonyl (C=O) groups is 2. The number of likely N-dealkylation sites (tertiary alicyclic amines) is 2. The Morgan fingerprint density at radius 1 is 1.22 bits per heavy atom. The third kappa shape index (κ3) is 5.23. The van der Waals surface area contributed by atoms with Crippen LogP contribution in [0, 0.1) is 0 Å². The van der Waals surface area contributed by atoms with Crippen LogP contribution in [0.5, 0.6) is 0 Å². The smallest absolute Gasteiger partial charge is 0.318 e. The molecule has 0 bridgehead atoms. The normalized spacial score (nSPS) is 20.7. The second-order valence-corrected chi connectivity index (χ2v) is 8.04. The fraction of sp³-hybridized carbons (Fsp3) is 0.600. The molecule has 0 spiro atoms. The van der Waals surface area contributed by atoms with Gasteiger partial charge in [-0.15, -0.1) is 0 Å². The van der Waals surface area contributed by atoms with Crippen LogP contribution in [-0.2, 0) is 16.1 Å². The predicted molar refractivity (Wildman–Crippen MR) is 107 cm³/mol. The number of piperidine rings is 1. The van der Waals surface area contributed by atoms with Gasteiger partial charge < -0.3 is 19.9 Å². The molecule has 1 atom stereocenters. The Kier molecular flexibility index (Phi) is 7.13. The maximum absolute atomic E-state index is 13.0. The predicted octanol–water partition coefficient (Wildman–Crippen LogP) is 3.15. The van der Waals surface area contributed by atoms with Gasteiger partial charge in [0, 0.05) is 37.3 Å². The molecular formula is C20H28BrN3O3. The Labute approximate surface area is 169 Å². The number of ether oxygens (including phenoxy) is 1. The summed E-state index contributed by atoms with van der Waals surface area (Å²) in [6.45, 7) is 5.24. The fourth-order valence-electron chi connectivity index (χ4n) is 3.88. The summed E-state index contributed by atoms with van der Waals surface area (Å²) in [7, 11) is 0. The average Bonchev–Trinajstić information content (AvgIpc) is 3.16. The van der Waals surface area contributed by atoms with Crippen LogP contribution in [0.25, 0.3) is 0 Å². The number of benzene rings is 1. The molecule has 3 rings (SSSR count). The highest BCUT2D eigenvalue weighted by molar-refractivity contribution is 9.10. The standard InChI is InChI=1S/C20H28BrN3O3/c1-2-27-17-8-11-23(12-9-17)19(25)18-7-4-10-24(18)20(26)22-14-15-5-3-6-16(21)13-15/h3,5-6,13,17-18H,2,4,7-12,14H2,1H3,(H,22,26)/t18-/m0/s1.